The monoisotopic (exact) mass is 301 g/mol. The summed E-state index contributed by atoms with van der Waals surface area (Å²) in [6.07, 6.45) is 1.47. The molecule has 5 nitrogen and oxygen atoms in total. The number of hydrogen-bond donors (Lipinski definition) is 1. The number of nitrogens with one attached hydrogen (secondary N) is 1. The molecule has 5 heteroatoms. The van der Waals surface area contributed by atoms with Crippen LogP contribution in [0.4, 0.5) is 0 Å². The molecule has 1 aromatic carbocycles. The Balaban J connectivity index is 1.52. The van der Waals surface area contributed by atoms with E-state index < -0.39 is 0 Å². The highest BCUT2D eigenvalue weighted by atomic mass is 16.2. The first-order valence-corrected chi connectivity index (χ1v) is 8.02. The van der Waals surface area contributed by atoms with Gasteiger partial charge in [0.2, 0.25) is 11.8 Å². The van der Waals surface area contributed by atoms with E-state index in [0.717, 1.165) is 32.6 Å². The minimum Gasteiger partial charge on any atom is -0.339 e. The van der Waals surface area contributed by atoms with E-state index in [4.69, 9.17) is 0 Å². The van der Waals surface area contributed by atoms with Crippen LogP contribution in [0, 0.1) is 5.92 Å². The highest BCUT2D eigenvalue weighted by molar-refractivity contribution is 5.86. The second-order valence-corrected chi connectivity index (χ2v) is 6.16. The molecule has 0 radical (unpaired) electrons. The largest absolute Gasteiger partial charge is 0.339 e. The molecule has 22 heavy (non-hydrogen) atoms. The topological polar surface area (TPSA) is 52.7 Å². The fourth-order valence-corrected chi connectivity index (χ4v) is 3.27. The molecule has 3 rings (SSSR count). The smallest absolute Gasteiger partial charge is 0.242 e. The molecule has 2 fully saturated rings. The van der Waals surface area contributed by atoms with E-state index in [1.807, 2.05) is 23.1 Å². The lowest BCUT2D eigenvalue weighted by molar-refractivity contribution is -0.138. The van der Waals surface area contributed by atoms with Crippen LogP contribution in [0.1, 0.15) is 12.0 Å². The van der Waals surface area contributed by atoms with Gasteiger partial charge in [-0.25, -0.2) is 0 Å². The van der Waals surface area contributed by atoms with Gasteiger partial charge in [-0.3, -0.25) is 9.59 Å². The number of carbonyl (C=O) groups is 2. The minimum absolute atomic E-state index is 0.0789. The van der Waals surface area contributed by atoms with Crippen molar-refractivity contribution in [3.8, 4) is 0 Å². The van der Waals surface area contributed by atoms with Gasteiger partial charge in [-0.05, 0) is 17.9 Å². The Labute approximate surface area is 131 Å². The van der Waals surface area contributed by atoms with E-state index in [1.54, 1.807) is 4.90 Å². The predicted octanol–water partition coefficient (Wildman–Crippen LogP) is 0.509. The maximum atomic E-state index is 12.3. The average Bonchev–Trinajstić information content (AvgIpc) is 2.88. The molecule has 0 aromatic heterocycles. The molecule has 0 bridgehead atoms. The number of rotatable bonds is 4. The van der Waals surface area contributed by atoms with Crippen molar-refractivity contribution in [2.24, 2.45) is 5.92 Å². The number of amides is 2. The Morgan fingerprint density at radius 3 is 2.64 bits per heavy atom. The first-order chi connectivity index (χ1) is 10.7. The summed E-state index contributed by atoms with van der Waals surface area (Å²) < 4.78 is 0. The molecule has 0 saturated carbocycles. The molecule has 1 N–H and O–H groups in total. The van der Waals surface area contributed by atoms with Gasteiger partial charge >= 0.3 is 0 Å². The van der Waals surface area contributed by atoms with Crippen molar-refractivity contribution in [3.05, 3.63) is 35.9 Å². The van der Waals surface area contributed by atoms with Crippen LogP contribution in [0.2, 0.25) is 0 Å². The molecule has 2 amide bonds. The summed E-state index contributed by atoms with van der Waals surface area (Å²) in [6.45, 7) is 4.12. The Kier molecular flexibility index (Phi) is 4.73. The molecule has 0 aliphatic carbocycles. The lowest BCUT2D eigenvalue weighted by atomic mass is 9.99. The summed E-state index contributed by atoms with van der Waals surface area (Å²) in [6, 6.07) is 10.2. The Hall–Kier alpha value is -1.88. The number of nitrogens with zero attached hydrogens (tertiary/aromatic N) is 2. The van der Waals surface area contributed by atoms with Crippen molar-refractivity contribution in [1.29, 1.82) is 0 Å². The first kappa shape index (κ1) is 15.0. The van der Waals surface area contributed by atoms with Crippen molar-refractivity contribution in [2.45, 2.75) is 12.8 Å². The number of hydrogen-bond acceptors (Lipinski definition) is 3. The van der Waals surface area contributed by atoms with Gasteiger partial charge in [0, 0.05) is 39.1 Å². The average molecular weight is 301 g/mol. The molecule has 2 aliphatic heterocycles. The molecule has 0 unspecified atom stereocenters. The third-order valence-corrected chi connectivity index (χ3v) is 4.46. The van der Waals surface area contributed by atoms with E-state index >= 15 is 0 Å². The highest BCUT2D eigenvalue weighted by Gasteiger charge is 2.31. The molecular formula is C17H23N3O2. The SMILES string of the molecule is O=C(CN1C[C@H](Cc2ccccc2)CC1=O)N1CCNCC1. The molecule has 2 aliphatic rings. The molecular weight excluding hydrogens is 278 g/mol. The fraction of sp³-hybridized carbons (Fsp3) is 0.529. The zero-order chi connectivity index (χ0) is 15.4. The van der Waals surface area contributed by atoms with Gasteiger partial charge in [0.15, 0.2) is 0 Å². The van der Waals surface area contributed by atoms with Crippen molar-refractivity contribution in [1.82, 2.24) is 15.1 Å². The van der Waals surface area contributed by atoms with Gasteiger partial charge in [0.1, 0.15) is 0 Å². The van der Waals surface area contributed by atoms with Crippen LogP contribution < -0.4 is 5.32 Å². The summed E-state index contributed by atoms with van der Waals surface area (Å²) >= 11 is 0. The molecule has 1 atom stereocenters. The number of benzene rings is 1. The summed E-state index contributed by atoms with van der Waals surface area (Å²) in [4.78, 5) is 28.0. The molecule has 2 saturated heterocycles. The molecule has 118 valence electrons. The van der Waals surface area contributed by atoms with E-state index in [0.29, 0.717) is 18.9 Å². The molecule has 1 aromatic rings. The number of likely N-dealkylation sites (tertiary alicyclic amines) is 1. The van der Waals surface area contributed by atoms with Crippen LogP contribution in [0.25, 0.3) is 0 Å². The van der Waals surface area contributed by atoms with E-state index in [1.165, 1.54) is 5.56 Å². The van der Waals surface area contributed by atoms with Crippen molar-refractivity contribution in [2.75, 3.05) is 39.3 Å². The predicted molar refractivity (Wildman–Crippen MR) is 84.3 cm³/mol. The zero-order valence-corrected chi connectivity index (χ0v) is 12.8. The van der Waals surface area contributed by atoms with Crippen molar-refractivity contribution < 1.29 is 9.59 Å². The third-order valence-electron chi connectivity index (χ3n) is 4.46. The van der Waals surface area contributed by atoms with Crippen LogP contribution in [0.5, 0.6) is 0 Å². The maximum Gasteiger partial charge on any atom is 0.242 e. The van der Waals surface area contributed by atoms with E-state index in [-0.39, 0.29) is 18.4 Å². The van der Waals surface area contributed by atoms with Crippen molar-refractivity contribution >= 4 is 11.8 Å². The highest BCUT2D eigenvalue weighted by Crippen LogP contribution is 2.22. The maximum absolute atomic E-state index is 12.3. The molecule has 0 spiro atoms. The Bertz CT molecular complexity index is 526. The molecule has 2 heterocycles. The van der Waals surface area contributed by atoms with Crippen LogP contribution in [-0.4, -0.2) is 60.9 Å². The van der Waals surface area contributed by atoms with Crippen LogP contribution in [0.3, 0.4) is 0 Å². The summed E-state index contributed by atoms with van der Waals surface area (Å²) in [5.41, 5.74) is 1.26. The second-order valence-electron chi connectivity index (χ2n) is 6.16. The lowest BCUT2D eigenvalue weighted by Crippen LogP contribution is -2.49. The lowest BCUT2D eigenvalue weighted by Gasteiger charge is -2.29. The third kappa shape index (κ3) is 3.65. The standard InChI is InChI=1S/C17H23N3O2/c21-16-11-15(10-14-4-2-1-3-5-14)12-20(16)13-17(22)19-8-6-18-7-9-19/h1-5,15,18H,6-13H2/t15-/m1/s1. The Morgan fingerprint density at radius 2 is 1.91 bits per heavy atom. The zero-order valence-electron chi connectivity index (χ0n) is 12.8. The quantitative estimate of drug-likeness (QED) is 0.881. The van der Waals surface area contributed by atoms with Gasteiger partial charge in [0.25, 0.3) is 0 Å². The van der Waals surface area contributed by atoms with Crippen molar-refractivity contribution in [3.63, 3.8) is 0 Å². The minimum atomic E-state index is 0.0789. The summed E-state index contributed by atoms with van der Waals surface area (Å²) in [5.74, 6) is 0.519. The van der Waals surface area contributed by atoms with Gasteiger partial charge in [-0.1, -0.05) is 30.3 Å². The first-order valence-electron chi connectivity index (χ1n) is 8.02. The van der Waals surface area contributed by atoms with Crippen LogP contribution >= 0.6 is 0 Å². The Morgan fingerprint density at radius 1 is 1.18 bits per heavy atom. The fourth-order valence-electron chi connectivity index (χ4n) is 3.27. The van der Waals surface area contributed by atoms with Crippen LogP contribution in [0.15, 0.2) is 30.3 Å². The number of carbonyl (C=O) groups excluding carboxylic acids is 2. The summed E-state index contributed by atoms with van der Waals surface area (Å²) in [5, 5.41) is 3.23. The normalized spacial score (nSPS) is 22.2. The number of piperazine rings is 1. The van der Waals surface area contributed by atoms with Crippen LogP contribution in [-0.2, 0) is 16.0 Å². The second kappa shape index (κ2) is 6.92. The van der Waals surface area contributed by atoms with Gasteiger partial charge < -0.3 is 15.1 Å². The summed E-state index contributed by atoms with van der Waals surface area (Å²) in [7, 11) is 0. The van der Waals surface area contributed by atoms with E-state index in [9.17, 15) is 9.59 Å². The van der Waals surface area contributed by atoms with Gasteiger partial charge in [0.05, 0.1) is 6.54 Å². The van der Waals surface area contributed by atoms with Gasteiger partial charge in [-0.15, -0.1) is 0 Å². The van der Waals surface area contributed by atoms with Gasteiger partial charge in [-0.2, -0.15) is 0 Å². The van der Waals surface area contributed by atoms with E-state index in [2.05, 4.69) is 17.4 Å².